The van der Waals surface area contributed by atoms with Gasteiger partial charge in [-0.1, -0.05) is 0 Å². The minimum absolute atomic E-state index is 0.296. The van der Waals surface area contributed by atoms with Gasteiger partial charge in [-0.3, -0.25) is 4.99 Å². The maximum atomic E-state index is 8.87. The topological polar surface area (TPSA) is 37.5 Å². The molecule has 0 radical (unpaired) electrons. The van der Waals surface area contributed by atoms with E-state index < -0.39 is 0 Å². The van der Waals surface area contributed by atoms with Crippen LogP contribution in [0.4, 0.5) is 0 Å². The molecule has 0 atom stereocenters. The van der Waals surface area contributed by atoms with Crippen LogP contribution in [0.5, 0.6) is 0 Å². The fourth-order valence-corrected chi connectivity index (χ4v) is 0.795. The lowest BCUT2D eigenvalue weighted by Crippen LogP contribution is -2.06. The summed E-state index contributed by atoms with van der Waals surface area (Å²) < 4.78 is 0.999. The Morgan fingerprint density at radius 1 is 1.36 bits per heavy atom. The van der Waals surface area contributed by atoms with Crippen LogP contribution in [0, 0.1) is 0 Å². The van der Waals surface area contributed by atoms with Crippen molar-refractivity contribution in [2.75, 3.05) is 0 Å². The third-order valence-electron chi connectivity index (χ3n) is 1.20. The standard InChI is InChI=1S/C8H12N2O/c1-7(2)9-8-3-5-10(11)6-4-8/h3-7,11H,1-2H3. The van der Waals surface area contributed by atoms with Gasteiger partial charge < -0.3 is 5.21 Å². The molecule has 0 aromatic carbocycles. The molecule has 0 fully saturated rings. The van der Waals surface area contributed by atoms with E-state index in [0.717, 1.165) is 10.1 Å². The van der Waals surface area contributed by atoms with Crippen LogP contribution in [0.2, 0.25) is 0 Å². The van der Waals surface area contributed by atoms with E-state index in [2.05, 4.69) is 4.99 Å². The summed E-state index contributed by atoms with van der Waals surface area (Å²) in [5.41, 5.74) is 0. The zero-order valence-corrected chi connectivity index (χ0v) is 6.73. The molecule has 1 heterocycles. The highest BCUT2D eigenvalue weighted by Crippen LogP contribution is 1.83. The van der Waals surface area contributed by atoms with Crippen molar-refractivity contribution in [3.63, 3.8) is 0 Å². The zero-order valence-electron chi connectivity index (χ0n) is 6.73. The molecule has 0 saturated carbocycles. The number of pyridine rings is 1. The zero-order chi connectivity index (χ0) is 8.27. The number of hydrogen-bond acceptors (Lipinski definition) is 2. The molecule has 0 aliphatic carbocycles. The Morgan fingerprint density at radius 2 is 1.91 bits per heavy atom. The first-order valence-corrected chi connectivity index (χ1v) is 3.60. The molecule has 0 saturated heterocycles. The van der Waals surface area contributed by atoms with E-state index in [1.807, 2.05) is 13.8 Å². The van der Waals surface area contributed by atoms with Crippen molar-refractivity contribution in [1.29, 1.82) is 0 Å². The molecule has 0 aliphatic heterocycles. The van der Waals surface area contributed by atoms with E-state index in [-0.39, 0.29) is 0 Å². The SMILES string of the molecule is CC(C)N=c1ccn(O)cc1. The van der Waals surface area contributed by atoms with Crippen LogP contribution in [0.15, 0.2) is 29.5 Å². The van der Waals surface area contributed by atoms with Crippen LogP contribution in [0.3, 0.4) is 0 Å². The van der Waals surface area contributed by atoms with E-state index in [1.54, 1.807) is 24.5 Å². The van der Waals surface area contributed by atoms with Crippen molar-refractivity contribution in [2.45, 2.75) is 19.9 Å². The molecule has 0 amide bonds. The Kier molecular flexibility index (Phi) is 2.31. The van der Waals surface area contributed by atoms with Crippen LogP contribution >= 0.6 is 0 Å². The lowest BCUT2D eigenvalue weighted by molar-refractivity contribution is 0.184. The number of nitrogens with zero attached hydrogens (tertiary/aromatic N) is 2. The van der Waals surface area contributed by atoms with Crippen LogP contribution in [-0.4, -0.2) is 16.0 Å². The molecule has 0 spiro atoms. The Labute approximate surface area is 65.6 Å². The van der Waals surface area contributed by atoms with Gasteiger partial charge in [-0.2, -0.15) is 0 Å². The van der Waals surface area contributed by atoms with Crippen molar-refractivity contribution in [3.8, 4) is 0 Å². The monoisotopic (exact) mass is 152 g/mol. The highest BCUT2D eigenvalue weighted by Gasteiger charge is 1.85. The smallest absolute Gasteiger partial charge is 0.0609 e. The average molecular weight is 152 g/mol. The predicted molar refractivity (Wildman–Crippen MR) is 42.3 cm³/mol. The Hall–Kier alpha value is -1.25. The first-order chi connectivity index (χ1) is 5.18. The van der Waals surface area contributed by atoms with E-state index in [9.17, 15) is 0 Å². The highest BCUT2D eigenvalue weighted by atomic mass is 16.5. The Morgan fingerprint density at radius 3 is 2.36 bits per heavy atom. The fraction of sp³-hybridized carbons (Fsp3) is 0.375. The Balaban J connectivity index is 2.98. The minimum atomic E-state index is 0.296. The van der Waals surface area contributed by atoms with E-state index in [0.29, 0.717) is 6.04 Å². The lowest BCUT2D eigenvalue weighted by atomic mass is 10.4. The molecule has 60 valence electrons. The molecule has 1 N–H and O–H groups in total. The molecule has 11 heavy (non-hydrogen) atoms. The van der Waals surface area contributed by atoms with Crippen molar-refractivity contribution < 1.29 is 5.21 Å². The molecule has 1 aromatic rings. The van der Waals surface area contributed by atoms with Gasteiger partial charge in [0.25, 0.3) is 0 Å². The molecule has 3 heteroatoms. The Bertz CT molecular complexity index is 268. The molecule has 0 bridgehead atoms. The third kappa shape index (κ3) is 2.45. The maximum absolute atomic E-state index is 8.87. The molecule has 0 aliphatic rings. The van der Waals surface area contributed by atoms with Gasteiger partial charge in [-0.15, -0.1) is 0 Å². The summed E-state index contributed by atoms with van der Waals surface area (Å²) in [5, 5.41) is 9.76. The largest absolute Gasteiger partial charge is 0.429 e. The fourth-order valence-electron chi connectivity index (χ4n) is 0.795. The summed E-state index contributed by atoms with van der Waals surface area (Å²) in [4.78, 5) is 4.28. The first kappa shape index (κ1) is 7.85. The van der Waals surface area contributed by atoms with Gasteiger partial charge in [0, 0.05) is 18.4 Å². The summed E-state index contributed by atoms with van der Waals surface area (Å²) in [6, 6.07) is 3.82. The second-order valence-corrected chi connectivity index (χ2v) is 2.66. The lowest BCUT2D eigenvalue weighted by Gasteiger charge is -1.95. The van der Waals surface area contributed by atoms with Crippen LogP contribution in [-0.2, 0) is 0 Å². The molecule has 1 aromatic heterocycles. The maximum Gasteiger partial charge on any atom is 0.0609 e. The van der Waals surface area contributed by atoms with E-state index in [1.165, 1.54) is 0 Å². The summed E-state index contributed by atoms with van der Waals surface area (Å²) in [5.74, 6) is 0. The van der Waals surface area contributed by atoms with Gasteiger partial charge in [0.1, 0.15) is 0 Å². The third-order valence-corrected chi connectivity index (χ3v) is 1.20. The number of aromatic nitrogens is 1. The summed E-state index contributed by atoms with van der Waals surface area (Å²) >= 11 is 0. The van der Waals surface area contributed by atoms with Gasteiger partial charge in [-0.25, -0.2) is 4.73 Å². The first-order valence-electron chi connectivity index (χ1n) is 3.60. The minimum Gasteiger partial charge on any atom is -0.429 e. The van der Waals surface area contributed by atoms with E-state index >= 15 is 0 Å². The van der Waals surface area contributed by atoms with Crippen molar-refractivity contribution in [3.05, 3.63) is 29.9 Å². The van der Waals surface area contributed by atoms with Crippen molar-refractivity contribution in [2.24, 2.45) is 4.99 Å². The molecule has 1 rings (SSSR count). The highest BCUT2D eigenvalue weighted by molar-refractivity contribution is 4.91. The summed E-state index contributed by atoms with van der Waals surface area (Å²) in [6.45, 7) is 4.03. The molecular formula is C8H12N2O. The van der Waals surface area contributed by atoms with Gasteiger partial charge in [0.15, 0.2) is 0 Å². The second-order valence-electron chi connectivity index (χ2n) is 2.66. The van der Waals surface area contributed by atoms with Crippen molar-refractivity contribution >= 4 is 0 Å². The van der Waals surface area contributed by atoms with Gasteiger partial charge in [-0.05, 0) is 26.0 Å². The van der Waals surface area contributed by atoms with Gasteiger partial charge in [0.2, 0.25) is 0 Å². The van der Waals surface area contributed by atoms with E-state index in [4.69, 9.17) is 5.21 Å². The molecule has 0 unspecified atom stereocenters. The molecule has 3 nitrogen and oxygen atoms in total. The molecular weight excluding hydrogens is 140 g/mol. The predicted octanol–water partition coefficient (Wildman–Crippen LogP) is 1.03. The van der Waals surface area contributed by atoms with Crippen molar-refractivity contribution in [1.82, 2.24) is 4.73 Å². The average Bonchev–Trinajstić information content (AvgIpc) is 1.93. The van der Waals surface area contributed by atoms with Crippen LogP contribution < -0.4 is 5.36 Å². The second kappa shape index (κ2) is 3.23. The quantitative estimate of drug-likeness (QED) is 0.600. The number of hydrogen-bond donors (Lipinski definition) is 1. The van der Waals surface area contributed by atoms with Crippen LogP contribution in [0.1, 0.15) is 13.8 Å². The number of rotatable bonds is 1. The summed E-state index contributed by atoms with van der Waals surface area (Å²) in [6.07, 6.45) is 3.11. The van der Waals surface area contributed by atoms with Gasteiger partial charge in [0.05, 0.1) is 5.36 Å². The summed E-state index contributed by atoms with van der Waals surface area (Å²) in [7, 11) is 0. The van der Waals surface area contributed by atoms with Crippen LogP contribution in [0.25, 0.3) is 0 Å². The van der Waals surface area contributed by atoms with Gasteiger partial charge >= 0.3 is 0 Å². The normalized spacial score (nSPS) is 10.1.